The standard InChI is InChI=1S/C26H38ClNO4/c1-16(11-13-25(5)17(2)12-14-26(6,30)19(25)4)9-10-20-23(29)21(15-28-32-8)18(3)22(27)24(20)31-7/h9,11,13,15,17,19,29-30H,10,12,14H2,1-8H3/b13-11+,16-9+,28-15+/t17-,19-,25+,26-/m1/s1. The number of rotatable bonds is 7. The minimum absolute atomic E-state index is 0.0788. The van der Waals surface area contributed by atoms with E-state index in [2.05, 4.69) is 38.1 Å². The molecule has 0 aliphatic heterocycles. The first-order valence-corrected chi connectivity index (χ1v) is 11.5. The Labute approximate surface area is 197 Å². The Morgan fingerprint density at radius 2 is 1.94 bits per heavy atom. The van der Waals surface area contributed by atoms with Crippen LogP contribution in [0.15, 0.2) is 29.0 Å². The summed E-state index contributed by atoms with van der Waals surface area (Å²) in [5.41, 5.74) is 2.07. The highest BCUT2D eigenvalue weighted by Crippen LogP contribution is 2.50. The second-order valence-electron chi connectivity index (χ2n) is 9.50. The summed E-state index contributed by atoms with van der Waals surface area (Å²) in [4.78, 5) is 4.77. The first-order valence-electron chi connectivity index (χ1n) is 11.1. The summed E-state index contributed by atoms with van der Waals surface area (Å²) < 4.78 is 5.51. The van der Waals surface area contributed by atoms with Crippen molar-refractivity contribution in [1.82, 2.24) is 0 Å². The summed E-state index contributed by atoms with van der Waals surface area (Å²) in [7, 11) is 2.99. The van der Waals surface area contributed by atoms with E-state index in [1.807, 2.05) is 19.9 Å². The van der Waals surface area contributed by atoms with Crippen LogP contribution in [0.2, 0.25) is 5.02 Å². The van der Waals surface area contributed by atoms with Crippen LogP contribution in [-0.2, 0) is 11.3 Å². The number of hydrogen-bond donors (Lipinski definition) is 2. The fourth-order valence-corrected chi connectivity index (χ4v) is 4.91. The van der Waals surface area contributed by atoms with Crippen molar-refractivity contribution in [2.75, 3.05) is 14.2 Å². The highest BCUT2D eigenvalue weighted by molar-refractivity contribution is 6.33. The molecule has 1 aliphatic rings. The number of hydrogen-bond acceptors (Lipinski definition) is 5. The summed E-state index contributed by atoms with van der Waals surface area (Å²) in [6.07, 6.45) is 10.1. The van der Waals surface area contributed by atoms with Gasteiger partial charge < -0.3 is 19.8 Å². The van der Waals surface area contributed by atoms with Gasteiger partial charge >= 0.3 is 0 Å². The highest BCUT2D eigenvalue weighted by atomic mass is 35.5. The number of phenolic OH excluding ortho intramolecular Hbond substituents is 1. The molecule has 178 valence electrons. The molecule has 1 saturated carbocycles. The summed E-state index contributed by atoms with van der Waals surface area (Å²) >= 11 is 6.51. The van der Waals surface area contributed by atoms with Gasteiger partial charge in [0, 0.05) is 11.1 Å². The smallest absolute Gasteiger partial charge is 0.144 e. The molecule has 0 aromatic heterocycles. The number of phenols is 1. The largest absolute Gasteiger partial charge is 0.507 e. The molecule has 0 amide bonds. The van der Waals surface area contributed by atoms with Crippen molar-refractivity contribution in [2.45, 2.75) is 66.4 Å². The monoisotopic (exact) mass is 463 g/mol. The number of aliphatic hydroxyl groups is 1. The number of halogens is 1. The lowest BCUT2D eigenvalue weighted by molar-refractivity contribution is -0.0915. The number of oxime groups is 1. The Morgan fingerprint density at radius 1 is 1.28 bits per heavy atom. The lowest BCUT2D eigenvalue weighted by atomic mass is 9.57. The molecule has 0 radical (unpaired) electrons. The molecule has 0 saturated heterocycles. The van der Waals surface area contributed by atoms with Crippen LogP contribution in [0, 0.1) is 24.2 Å². The molecule has 0 spiro atoms. The molecule has 2 N–H and O–H groups in total. The summed E-state index contributed by atoms with van der Waals surface area (Å²) in [6.45, 7) is 12.4. The Morgan fingerprint density at radius 3 is 2.53 bits per heavy atom. The van der Waals surface area contributed by atoms with Gasteiger partial charge in [-0.15, -0.1) is 0 Å². The van der Waals surface area contributed by atoms with Gasteiger partial charge in [-0.3, -0.25) is 0 Å². The maximum Gasteiger partial charge on any atom is 0.144 e. The third kappa shape index (κ3) is 5.15. The number of ether oxygens (including phenoxy) is 1. The van der Waals surface area contributed by atoms with Crippen LogP contribution < -0.4 is 4.74 Å². The molecular weight excluding hydrogens is 426 g/mol. The van der Waals surface area contributed by atoms with Gasteiger partial charge in [0.25, 0.3) is 0 Å². The van der Waals surface area contributed by atoms with Crippen molar-refractivity contribution in [3.63, 3.8) is 0 Å². The van der Waals surface area contributed by atoms with Gasteiger partial charge in [0.05, 0.1) is 23.9 Å². The van der Waals surface area contributed by atoms with Crippen LogP contribution in [0.3, 0.4) is 0 Å². The van der Waals surface area contributed by atoms with Crippen molar-refractivity contribution in [2.24, 2.45) is 22.4 Å². The Kier molecular flexibility index (Phi) is 8.46. The fraction of sp³-hybridized carbons (Fsp3) is 0.577. The van der Waals surface area contributed by atoms with E-state index in [0.717, 1.165) is 18.4 Å². The van der Waals surface area contributed by atoms with Gasteiger partial charge in [-0.1, -0.05) is 61.3 Å². The molecule has 0 unspecified atom stereocenters. The first kappa shape index (κ1) is 26.3. The molecule has 1 aromatic rings. The van der Waals surface area contributed by atoms with Crippen molar-refractivity contribution < 1.29 is 19.8 Å². The SMILES string of the molecule is CO/N=C/c1c(C)c(Cl)c(OC)c(C/C=C(C)/C=C/[C@@]2(C)[C@H](C)CC[C@@](C)(O)[C@@H]2C)c1O. The highest BCUT2D eigenvalue weighted by Gasteiger charge is 2.47. The molecule has 6 heteroatoms. The lowest BCUT2D eigenvalue weighted by Gasteiger charge is -2.50. The van der Waals surface area contributed by atoms with Gasteiger partial charge in [0.15, 0.2) is 0 Å². The average Bonchev–Trinajstić information content (AvgIpc) is 2.75. The molecule has 1 aliphatic carbocycles. The van der Waals surface area contributed by atoms with Crippen molar-refractivity contribution >= 4 is 17.8 Å². The molecular formula is C26H38ClNO4. The second-order valence-corrected chi connectivity index (χ2v) is 9.88. The minimum Gasteiger partial charge on any atom is -0.507 e. The molecule has 0 heterocycles. The predicted molar refractivity (Wildman–Crippen MR) is 132 cm³/mol. The Bertz CT molecular complexity index is 919. The second kappa shape index (κ2) is 10.3. The van der Waals surface area contributed by atoms with E-state index >= 15 is 0 Å². The zero-order valence-corrected chi connectivity index (χ0v) is 21.4. The van der Waals surface area contributed by atoms with Gasteiger partial charge in [-0.25, -0.2) is 0 Å². The van der Waals surface area contributed by atoms with Crippen LogP contribution in [-0.4, -0.2) is 36.2 Å². The third-order valence-electron chi connectivity index (χ3n) is 7.58. The van der Waals surface area contributed by atoms with Gasteiger partial charge in [0.1, 0.15) is 18.6 Å². The van der Waals surface area contributed by atoms with E-state index in [1.54, 1.807) is 14.0 Å². The maximum atomic E-state index is 10.9. The van der Waals surface area contributed by atoms with Gasteiger partial charge in [-0.2, -0.15) is 0 Å². The summed E-state index contributed by atoms with van der Waals surface area (Å²) in [5.74, 6) is 1.16. The van der Waals surface area contributed by atoms with Gasteiger partial charge in [-0.05, 0) is 62.8 Å². The van der Waals surface area contributed by atoms with Crippen LogP contribution in [0.4, 0.5) is 0 Å². The molecule has 1 fully saturated rings. The number of benzene rings is 1. The van der Waals surface area contributed by atoms with E-state index in [4.69, 9.17) is 21.2 Å². The van der Waals surface area contributed by atoms with E-state index in [-0.39, 0.29) is 17.1 Å². The van der Waals surface area contributed by atoms with Crippen LogP contribution in [0.5, 0.6) is 11.5 Å². The number of aromatic hydroxyl groups is 1. The van der Waals surface area contributed by atoms with Crippen LogP contribution in [0.1, 0.15) is 64.2 Å². The molecule has 0 bridgehead atoms. The number of allylic oxidation sites excluding steroid dienone is 4. The topological polar surface area (TPSA) is 71.3 Å². The van der Waals surface area contributed by atoms with E-state index in [9.17, 15) is 10.2 Å². The summed E-state index contributed by atoms with van der Waals surface area (Å²) in [6, 6.07) is 0. The third-order valence-corrected chi connectivity index (χ3v) is 8.04. The molecule has 32 heavy (non-hydrogen) atoms. The molecule has 4 atom stereocenters. The van der Waals surface area contributed by atoms with Crippen molar-refractivity contribution in [3.05, 3.63) is 45.5 Å². The lowest BCUT2D eigenvalue weighted by Crippen LogP contribution is -2.49. The number of methoxy groups -OCH3 is 1. The van der Waals surface area contributed by atoms with Gasteiger partial charge in [0.2, 0.25) is 0 Å². The molecule has 1 aromatic carbocycles. The Hall–Kier alpha value is -1.98. The summed E-state index contributed by atoms with van der Waals surface area (Å²) in [5, 5.41) is 25.9. The van der Waals surface area contributed by atoms with Crippen molar-refractivity contribution in [3.8, 4) is 11.5 Å². The van der Waals surface area contributed by atoms with Crippen LogP contribution in [0.25, 0.3) is 0 Å². The number of nitrogens with zero attached hydrogens (tertiary/aromatic N) is 1. The first-order chi connectivity index (χ1) is 14.9. The van der Waals surface area contributed by atoms with Crippen molar-refractivity contribution in [1.29, 1.82) is 0 Å². The van der Waals surface area contributed by atoms with Crippen LogP contribution >= 0.6 is 11.6 Å². The quantitative estimate of drug-likeness (QED) is 0.286. The van der Waals surface area contributed by atoms with E-state index in [1.165, 1.54) is 13.3 Å². The normalized spacial score (nSPS) is 29.1. The van der Waals surface area contributed by atoms with E-state index in [0.29, 0.717) is 39.8 Å². The van der Waals surface area contributed by atoms with E-state index < -0.39 is 5.60 Å². The average molecular weight is 464 g/mol. The maximum absolute atomic E-state index is 10.9. The predicted octanol–water partition coefficient (Wildman–Crippen LogP) is 6.21. The molecule has 5 nitrogen and oxygen atoms in total. The minimum atomic E-state index is -0.665. The zero-order valence-electron chi connectivity index (χ0n) is 20.6. The zero-order chi connectivity index (χ0) is 24.3. The Balaban J connectivity index is 2.37. The fourth-order valence-electron chi connectivity index (χ4n) is 4.62. The molecule has 2 rings (SSSR count).